The number of fused-ring (bicyclic) bond motifs is 7. The lowest BCUT2D eigenvalue weighted by Gasteiger charge is -2.51. The molecule has 1 saturated carbocycles. The van der Waals surface area contributed by atoms with Crippen LogP contribution in [0.2, 0.25) is 0 Å². The Balaban J connectivity index is 1.45. The Morgan fingerprint density at radius 2 is 1.21 bits per heavy atom. The molecule has 2 aliphatic rings. The summed E-state index contributed by atoms with van der Waals surface area (Å²) in [5.74, 6) is 1.10. The minimum absolute atomic E-state index is 0.126. The number of phenols is 1. The Morgan fingerprint density at radius 3 is 1.86 bits per heavy atom. The van der Waals surface area contributed by atoms with E-state index in [0.29, 0.717) is 5.75 Å². The molecule has 0 atom stereocenters. The Hall–Kier alpha value is -4.04. The molecule has 1 N–H and O–H groups in total. The first-order chi connectivity index (χ1) is 20.0. The summed E-state index contributed by atoms with van der Waals surface area (Å²) in [6.45, 7) is 11.8. The molecule has 0 unspecified atom stereocenters. The van der Waals surface area contributed by atoms with Gasteiger partial charge in [-0.2, -0.15) is 0 Å². The summed E-state index contributed by atoms with van der Waals surface area (Å²) in [6.07, 6.45) is 3.34. The first-order valence-corrected chi connectivity index (χ1v) is 15.2. The second kappa shape index (κ2) is 9.23. The molecule has 0 saturated heterocycles. The molecule has 2 aliphatic carbocycles. The molecular weight excluding hydrogens is 512 g/mol. The van der Waals surface area contributed by atoms with E-state index in [-0.39, 0.29) is 16.2 Å². The standard InChI is InChI=1S/C40H40O2/c1-25-11-13-26(14-12-25)27-15-17-28(18-16-27)30-19-32-31(20-36(30)42-6)35(41)21-34-37(32)29-9-7-8-10-33(29)40(34)23-38(2,3)22-39(4,5)24-40/h7-21,41H,22-24H2,1-6H3. The molecule has 212 valence electrons. The van der Waals surface area contributed by atoms with Crippen LogP contribution in [0.25, 0.3) is 44.2 Å². The quantitative estimate of drug-likeness (QED) is 0.241. The van der Waals surface area contributed by atoms with Crippen molar-refractivity contribution in [3.8, 4) is 44.9 Å². The molecule has 5 aromatic carbocycles. The first kappa shape index (κ1) is 26.8. The highest BCUT2D eigenvalue weighted by Crippen LogP contribution is 2.65. The van der Waals surface area contributed by atoms with Gasteiger partial charge in [-0.3, -0.25) is 0 Å². The fourth-order valence-corrected chi connectivity index (χ4v) is 8.84. The lowest BCUT2D eigenvalue weighted by Crippen LogP contribution is -2.43. The van der Waals surface area contributed by atoms with Gasteiger partial charge in [0.2, 0.25) is 0 Å². The fourth-order valence-electron chi connectivity index (χ4n) is 8.84. The Morgan fingerprint density at radius 1 is 0.619 bits per heavy atom. The molecule has 5 aromatic rings. The highest BCUT2D eigenvalue weighted by atomic mass is 16.5. The molecule has 7 rings (SSSR count). The van der Waals surface area contributed by atoms with Crippen LogP contribution < -0.4 is 4.74 Å². The van der Waals surface area contributed by atoms with Crippen molar-refractivity contribution in [2.45, 2.75) is 59.3 Å². The van der Waals surface area contributed by atoms with Gasteiger partial charge in [0.15, 0.2) is 0 Å². The van der Waals surface area contributed by atoms with Crippen LogP contribution in [0, 0.1) is 17.8 Å². The minimum atomic E-state index is -0.126. The maximum Gasteiger partial charge on any atom is 0.127 e. The van der Waals surface area contributed by atoms with E-state index in [0.717, 1.165) is 40.5 Å². The van der Waals surface area contributed by atoms with Gasteiger partial charge in [-0.05, 0) is 99.5 Å². The van der Waals surface area contributed by atoms with E-state index in [9.17, 15) is 5.11 Å². The molecule has 42 heavy (non-hydrogen) atoms. The second-order valence-corrected chi connectivity index (χ2v) is 14.3. The summed E-state index contributed by atoms with van der Waals surface area (Å²) in [4.78, 5) is 0. The summed E-state index contributed by atoms with van der Waals surface area (Å²) in [7, 11) is 1.71. The fraction of sp³-hybridized carbons (Fsp3) is 0.300. The molecule has 0 bridgehead atoms. The highest BCUT2D eigenvalue weighted by Gasteiger charge is 2.53. The number of methoxy groups -OCH3 is 1. The van der Waals surface area contributed by atoms with Crippen molar-refractivity contribution in [3.05, 3.63) is 108 Å². The van der Waals surface area contributed by atoms with Gasteiger partial charge in [-0.15, -0.1) is 0 Å². The number of aryl methyl sites for hydroxylation is 1. The monoisotopic (exact) mass is 552 g/mol. The van der Waals surface area contributed by atoms with Gasteiger partial charge in [0.1, 0.15) is 11.5 Å². The third-order valence-corrected chi connectivity index (χ3v) is 9.76. The van der Waals surface area contributed by atoms with Crippen LogP contribution in [0.3, 0.4) is 0 Å². The molecule has 2 heteroatoms. The van der Waals surface area contributed by atoms with E-state index in [4.69, 9.17) is 4.74 Å². The number of benzene rings is 5. The molecule has 0 aliphatic heterocycles. The number of rotatable bonds is 3. The van der Waals surface area contributed by atoms with Crippen molar-refractivity contribution >= 4 is 10.8 Å². The zero-order valence-corrected chi connectivity index (χ0v) is 25.6. The Bertz CT molecular complexity index is 1820. The Labute approximate surface area is 250 Å². The van der Waals surface area contributed by atoms with E-state index in [1.165, 1.54) is 45.4 Å². The van der Waals surface area contributed by atoms with E-state index in [1.807, 2.05) is 6.07 Å². The number of phenolic OH excluding ortho intramolecular Hbond substituents is 1. The second-order valence-electron chi connectivity index (χ2n) is 14.3. The van der Waals surface area contributed by atoms with Crippen molar-refractivity contribution in [1.29, 1.82) is 0 Å². The van der Waals surface area contributed by atoms with Crippen LogP contribution in [-0.2, 0) is 5.41 Å². The summed E-state index contributed by atoms with van der Waals surface area (Å²) in [6, 6.07) is 32.7. The van der Waals surface area contributed by atoms with Crippen molar-refractivity contribution in [2.75, 3.05) is 7.11 Å². The smallest absolute Gasteiger partial charge is 0.127 e. The predicted molar refractivity (Wildman–Crippen MR) is 175 cm³/mol. The summed E-state index contributed by atoms with van der Waals surface area (Å²) in [5, 5.41) is 13.5. The van der Waals surface area contributed by atoms with Gasteiger partial charge in [-0.25, -0.2) is 0 Å². The van der Waals surface area contributed by atoms with Gasteiger partial charge in [-0.1, -0.05) is 106 Å². The van der Waals surface area contributed by atoms with E-state index in [1.54, 1.807) is 7.11 Å². The molecular formula is C40H40O2. The van der Waals surface area contributed by atoms with Gasteiger partial charge in [0, 0.05) is 16.4 Å². The topological polar surface area (TPSA) is 29.5 Å². The zero-order valence-electron chi connectivity index (χ0n) is 25.6. The Kier molecular flexibility index (Phi) is 5.90. The van der Waals surface area contributed by atoms with Crippen molar-refractivity contribution in [3.63, 3.8) is 0 Å². The van der Waals surface area contributed by atoms with Crippen LogP contribution in [0.4, 0.5) is 0 Å². The van der Waals surface area contributed by atoms with Crippen molar-refractivity contribution in [1.82, 2.24) is 0 Å². The average Bonchev–Trinajstić information content (AvgIpc) is 3.19. The van der Waals surface area contributed by atoms with E-state index < -0.39 is 0 Å². The van der Waals surface area contributed by atoms with E-state index >= 15 is 0 Å². The van der Waals surface area contributed by atoms with E-state index in [2.05, 4.69) is 120 Å². The number of ether oxygens (including phenoxy) is 1. The molecule has 2 nitrogen and oxygen atoms in total. The maximum atomic E-state index is 11.6. The SMILES string of the molecule is COc1cc2c(O)cc3c(c2cc1-c1ccc(-c2ccc(C)cc2)cc1)-c1ccccc1C31CC(C)(C)CC(C)(C)C1. The normalized spacial score (nSPS) is 17.7. The van der Waals surface area contributed by atoms with Gasteiger partial charge in [0.05, 0.1) is 7.11 Å². The molecule has 0 radical (unpaired) electrons. The third-order valence-electron chi connectivity index (χ3n) is 9.76. The number of hydrogen-bond donors (Lipinski definition) is 1. The largest absolute Gasteiger partial charge is 0.507 e. The van der Waals surface area contributed by atoms with Crippen molar-refractivity contribution < 1.29 is 9.84 Å². The summed E-state index contributed by atoms with van der Waals surface area (Å²) in [5.41, 5.74) is 11.3. The molecule has 1 fully saturated rings. The van der Waals surface area contributed by atoms with Crippen LogP contribution in [0.15, 0.2) is 91.0 Å². The van der Waals surface area contributed by atoms with Crippen LogP contribution >= 0.6 is 0 Å². The first-order valence-electron chi connectivity index (χ1n) is 15.2. The summed E-state index contributed by atoms with van der Waals surface area (Å²) >= 11 is 0. The molecule has 0 aromatic heterocycles. The molecule has 0 amide bonds. The van der Waals surface area contributed by atoms with Gasteiger partial charge >= 0.3 is 0 Å². The van der Waals surface area contributed by atoms with Gasteiger partial charge < -0.3 is 9.84 Å². The molecule has 0 heterocycles. The lowest BCUT2D eigenvalue weighted by atomic mass is 9.52. The number of hydrogen-bond acceptors (Lipinski definition) is 2. The third kappa shape index (κ3) is 4.15. The maximum absolute atomic E-state index is 11.6. The van der Waals surface area contributed by atoms with Crippen LogP contribution in [0.5, 0.6) is 11.5 Å². The van der Waals surface area contributed by atoms with Gasteiger partial charge in [0.25, 0.3) is 0 Å². The minimum Gasteiger partial charge on any atom is -0.507 e. The van der Waals surface area contributed by atoms with Crippen LogP contribution in [0.1, 0.15) is 63.6 Å². The zero-order chi connectivity index (χ0) is 29.4. The summed E-state index contributed by atoms with van der Waals surface area (Å²) < 4.78 is 5.93. The van der Waals surface area contributed by atoms with Crippen molar-refractivity contribution in [2.24, 2.45) is 10.8 Å². The molecule has 1 spiro atoms. The van der Waals surface area contributed by atoms with Crippen LogP contribution in [-0.4, -0.2) is 12.2 Å². The number of aromatic hydroxyl groups is 1. The average molecular weight is 553 g/mol. The lowest BCUT2D eigenvalue weighted by molar-refractivity contribution is 0.0645. The predicted octanol–water partition coefficient (Wildman–Crippen LogP) is 10.7. The highest BCUT2D eigenvalue weighted by molar-refractivity contribution is 6.07.